The third-order valence-electron chi connectivity index (χ3n) is 4.56. The summed E-state index contributed by atoms with van der Waals surface area (Å²) in [5.74, 6) is 9.43. The summed E-state index contributed by atoms with van der Waals surface area (Å²) in [6, 6.07) is 0.286. The Hall–Kier alpha value is -0.540. The van der Waals surface area contributed by atoms with Gasteiger partial charge in [-0.1, -0.05) is 12.8 Å². The van der Waals surface area contributed by atoms with Crippen LogP contribution in [-0.2, 0) is 4.74 Å². The fraction of sp³-hybridized carbons (Fsp3) is 0.846. The monoisotopic (exact) mass is 222 g/mol. The highest BCUT2D eigenvalue weighted by molar-refractivity contribution is 5.16. The fourth-order valence-corrected chi connectivity index (χ4v) is 3.72. The normalized spacial score (nSPS) is 39.3. The standard InChI is InChI=1S/C13H22N2O/c14-15-13(11-7-3-4-8-16-11)12-9-5-1-2-6-10(9)12/h7,9-10,12-13,15H,1-6,8,14H2. The number of hydrogen-bond acceptors (Lipinski definition) is 3. The van der Waals surface area contributed by atoms with Gasteiger partial charge in [-0.05, 0) is 49.5 Å². The lowest BCUT2D eigenvalue weighted by atomic mass is 10.0. The van der Waals surface area contributed by atoms with Crippen molar-refractivity contribution in [1.29, 1.82) is 0 Å². The maximum Gasteiger partial charge on any atom is 0.111 e. The molecule has 0 amide bonds. The van der Waals surface area contributed by atoms with Gasteiger partial charge in [-0.15, -0.1) is 0 Å². The summed E-state index contributed by atoms with van der Waals surface area (Å²) in [7, 11) is 0. The predicted octanol–water partition coefficient (Wildman–Crippen LogP) is 1.95. The Kier molecular flexibility index (Phi) is 2.90. The van der Waals surface area contributed by atoms with Crippen LogP contribution in [0.3, 0.4) is 0 Å². The summed E-state index contributed by atoms with van der Waals surface area (Å²) in [5.41, 5.74) is 3.00. The van der Waals surface area contributed by atoms with Gasteiger partial charge in [-0.25, -0.2) is 5.43 Å². The zero-order chi connectivity index (χ0) is 11.0. The van der Waals surface area contributed by atoms with Gasteiger partial charge in [0.25, 0.3) is 0 Å². The smallest absolute Gasteiger partial charge is 0.111 e. The molecule has 0 saturated heterocycles. The molecule has 0 aromatic rings. The van der Waals surface area contributed by atoms with Crippen molar-refractivity contribution in [2.45, 2.75) is 44.6 Å². The second-order valence-electron chi connectivity index (χ2n) is 5.43. The highest BCUT2D eigenvalue weighted by atomic mass is 16.5. The summed E-state index contributed by atoms with van der Waals surface area (Å²) < 4.78 is 5.76. The van der Waals surface area contributed by atoms with Gasteiger partial charge in [0.15, 0.2) is 0 Å². The van der Waals surface area contributed by atoms with Gasteiger partial charge >= 0.3 is 0 Å². The van der Waals surface area contributed by atoms with E-state index in [4.69, 9.17) is 10.6 Å². The second kappa shape index (κ2) is 4.38. The molecule has 2 aliphatic carbocycles. The molecule has 3 nitrogen and oxygen atoms in total. The average molecular weight is 222 g/mol. The summed E-state index contributed by atoms with van der Waals surface area (Å²) in [5, 5.41) is 0. The minimum Gasteiger partial charge on any atom is -0.497 e. The van der Waals surface area contributed by atoms with Crippen molar-refractivity contribution in [2.24, 2.45) is 23.6 Å². The van der Waals surface area contributed by atoms with Crippen LogP contribution in [0.25, 0.3) is 0 Å². The van der Waals surface area contributed by atoms with E-state index in [-0.39, 0.29) is 6.04 Å². The zero-order valence-electron chi connectivity index (χ0n) is 9.82. The SMILES string of the molecule is NNC(C1=CCCCO1)C1C2CCCCC21. The molecule has 3 unspecified atom stereocenters. The van der Waals surface area contributed by atoms with E-state index in [0.717, 1.165) is 43.0 Å². The van der Waals surface area contributed by atoms with Gasteiger partial charge in [-0.2, -0.15) is 0 Å². The first kappa shape index (κ1) is 10.6. The van der Waals surface area contributed by atoms with E-state index < -0.39 is 0 Å². The van der Waals surface area contributed by atoms with Gasteiger partial charge in [0.05, 0.1) is 12.6 Å². The van der Waals surface area contributed by atoms with Crippen molar-refractivity contribution in [3.05, 3.63) is 11.8 Å². The van der Waals surface area contributed by atoms with Crippen molar-refractivity contribution < 1.29 is 4.74 Å². The van der Waals surface area contributed by atoms with E-state index in [2.05, 4.69) is 11.5 Å². The van der Waals surface area contributed by atoms with Crippen LogP contribution in [-0.4, -0.2) is 12.6 Å². The van der Waals surface area contributed by atoms with Gasteiger partial charge < -0.3 is 4.74 Å². The molecule has 2 saturated carbocycles. The van der Waals surface area contributed by atoms with E-state index in [1.165, 1.54) is 25.7 Å². The Morgan fingerprint density at radius 1 is 1.25 bits per heavy atom. The minimum atomic E-state index is 0.286. The van der Waals surface area contributed by atoms with Gasteiger partial charge in [-0.3, -0.25) is 5.84 Å². The molecule has 0 bridgehead atoms. The quantitative estimate of drug-likeness (QED) is 0.567. The largest absolute Gasteiger partial charge is 0.497 e. The topological polar surface area (TPSA) is 47.3 Å². The molecule has 2 fully saturated rings. The summed E-state index contributed by atoms with van der Waals surface area (Å²) in [4.78, 5) is 0. The number of fused-ring (bicyclic) bond motifs is 1. The van der Waals surface area contributed by atoms with E-state index in [0.29, 0.717) is 0 Å². The molecule has 3 N–H and O–H groups in total. The lowest BCUT2D eigenvalue weighted by Gasteiger charge is -2.23. The third-order valence-corrected chi connectivity index (χ3v) is 4.56. The van der Waals surface area contributed by atoms with Gasteiger partial charge in [0, 0.05) is 0 Å². The zero-order valence-corrected chi connectivity index (χ0v) is 9.82. The first-order valence-corrected chi connectivity index (χ1v) is 6.71. The van der Waals surface area contributed by atoms with E-state index in [1.54, 1.807) is 0 Å². The van der Waals surface area contributed by atoms with Crippen LogP contribution in [0.4, 0.5) is 0 Å². The van der Waals surface area contributed by atoms with Crippen LogP contribution in [0.1, 0.15) is 38.5 Å². The van der Waals surface area contributed by atoms with Crippen LogP contribution in [0, 0.1) is 17.8 Å². The number of rotatable bonds is 3. The summed E-state index contributed by atoms with van der Waals surface area (Å²) in [6.45, 7) is 0.867. The lowest BCUT2D eigenvalue weighted by molar-refractivity contribution is 0.159. The molecule has 0 aromatic carbocycles. The Morgan fingerprint density at radius 3 is 2.56 bits per heavy atom. The Bertz CT molecular complexity index is 278. The molecule has 1 heterocycles. The molecule has 90 valence electrons. The molecular formula is C13H22N2O. The van der Waals surface area contributed by atoms with Crippen molar-refractivity contribution in [3.63, 3.8) is 0 Å². The average Bonchev–Trinajstić information content (AvgIpc) is 3.07. The number of hydrazine groups is 1. The Morgan fingerprint density at radius 2 is 2.00 bits per heavy atom. The van der Waals surface area contributed by atoms with Crippen LogP contribution in [0.2, 0.25) is 0 Å². The Labute approximate surface area is 97.4 Å². The number of nitrogens with two attached hydrogens (primary N) is 1. The van der Waals surface area contributed by atoms with Crippen LogP contribution < -0.4 is 11.3 Å². The molecule has 3 rings (SSSR count). The minimum absolute atomic E-state index is 0.286. The van der Waals surface area contributed by atoms with Crippen molar-refractivity contribution >= 4 is 0 Å². The van der Waals surface area contributed by atoms with Crippen molar-refractivity contribution in [3.8, 4) is 0 Å². The number of nitrogens with one attached hydrogen (secondary N) is 1. The lowest BCUT2D eigenvalue weighted by Crippen LogP contribution is -2.40. The highest BCUT2D eigenvalue weighted by Gasteiger charge is 2.55. The molecular weight excluding hydrogens is 200 g/mol. The number of hydrogen-bond donors (Lipinski definition) is 2. The first-order valence-electron chi connectivity index (χ1n) is 6.71. The van der Waals surface area contributed by atoms with Crippen LogP contribution in [0.5, 0.6) is 0 Å². The molecule has 16 heavy (non-hydrogen) atoms. The Balaban J connectivity index is 1.69. The molecule has 3 aliphatic rings. The van der Waals surface area contributed by atoms with Gasteiger partial charge in [0.1, 0.15) is 5.76 Å². The highest BCUT2D eigenvalue weighted by Crippen LogP contribution is 2.57. The van der Waals surface area contributed by atoms with E-state index in [1.807, 2.05) is 0 Å². The molecule has 3 atom stereocenters. The predicted molar refractivity (Wildman–Crippen MR) is 63.3 cm³/mol. The number of ether oxygens (including phenoxy) is 1. The molecule has 0 spiro atoms. The van der Waals surface area contributed by atoms with E-state index in [9.17, 15) is 0 Å². The maximum atomic E-state index is 5.76. The van der Waals surface area contributed by atoms with Crippen molar-refractivity contribution in [2.75, 3.05) is 6.61 Å². The van der Waals surface area contributed by atoms with Gasteiger partial charge in [0.2, 0.25) is 0 Å². The van der Waals surface area contributed by atoms with E-state index >= 15 is 0 Å². The maximum absolute atomic E-state index is 5.76. The number of allylic oxidation sites excluding steroid dienone is 1. The molecule has 0 aromatic heterocycles. The summed E-state index contributed by atoms with van der Waals surface area (Å²) >= 11 is 0. The fourth-order valence-electron chi connectivity index (χ4n) is 3.72. The third kappa shape index (κ3) is 1.76. The molecule has 3 heteroatoms. The van der Waals surface area contributed by atoms with Crippen LogP contribution in [0.15, 0.2) is 11.8 Å². The molecule has 1 aliphatic heterocycles. The second-order valence-corrected chi connectivity index (χ2v) is 5.43. The van der Waals surface area contributed by atoms with Crippen molar-refractivity contribution in [1.82, 2.24) is 5.43 Å². The summed E-state index contributed by atoms with van der Waals surface area (Å²) in [6.07, 6.45) is 10.2. The van der Waals surface area contributed by atoms with Crippen LogP contribution >= 0.6 is 0 Å². The molecule has 0 radical (unpaired) electrons. The first-order chi connectivity index (χ1) is 7.92.